The largest absolute Gasteiger partial charge is 0.366 e. The lowest BCUT2D eigenvalue weighted by molar-refractivity contribution is 0.00813. The molecule has 6 heteroatoms. The molecule has 1 N–H and O–H groups in total. The van der Waals surface area contributed by atoms with Gasteiger partial charge in [0.25, 0.3) is 0 Å². The number of imidazole rings is 1. The highest BCUT2D eigenvalue weighted by Gasteiger charge is 2.34. The maximum Gasteiger partial charge on any atom is 0.177 e. The Morgan fingerprint density at radius 2 is 2.35 bits per heavy atom. The number of hydrogen-bond acceptors (Lipinski definition) is 4. The third kappa shape index (κ3) is 2.66. The van der Waals surface area contributed by atoms with Crippen molar-refractivity contribution in [1.29, 1.82) is 0 Å². The molecule has 0 saturated carbocycles. The number of likely N-dealkylation sites (tertiary alicyclic amines) is 1. The highest BCUT2D eigenvalue weighted by Crippen LogP contribution is 2.20. The number of pyridine rings is 1. The lowest BCUT2D eigenvalue weighted by Gasteiger charge is -2.19. The Morgan fingerprint density at radius 1 is 1.50 bits per heavy atom. The summed E-state index contributed by atoms with van der Waals surface area (Å²) >= 11 is 0. The molecule has 20 heavy (non-hydrogen) atoms. The van der Waals surface area contributed by atoms with E-state index >= 15 is 0 Å². The molecule has 2 aromatic heterocycles. The van der Waals surface area contributed by atoms with Crippen LogP contribution >= 0.6 is 0 Å². The molecular formula is C14H19FN4O. The summed E-state index contributed by atoms with van der Waals surface area (Å²) in [7, 11) is 0. The van der Waals surface area contributed by atoms with Gasteiger partial charge < -0.3 is 9.72 Å². The Kier molecular flexibility index (Phi) is 3.67. The average Bonchev–Trinajstić information content (AvgIpc) is 2.99. The molecule has 0 amide bonds. The van der Waals surface area contributed by atoms with E-state index in [1.165, 1.54) is 0 Å². The van der Waals surface area contributed by atoms with E-state index in [0.29, 0.717) is 30.6 Å². The van der Waals surface area contributed by atoms with Crippen molar-refractivity contribution in [3.8, 4) is 0 Å². The van der Waals surface area contributed by atoms with Crippen LogP contribution in [0.1, 0.15) is 19.7 Å². The number of nitrogens with zero attached hydrogens (tertiary/aromatic N) is 3. The minimum Gasteiger partial charge on any atom is -0.366 e. The first-order chi connectivity index (χ1) is 9.63. The van der Waals surface area contributed by atoms with Gasteiger partial charge >= 0.3 is 0 Å². The topological polar surface area (TPSA) is 54.0 Å². The van der Waals surface area contributed by atoms with Crippen molar-refractivity contribution >= 4 is 11.2 Å². The summed E-state index contributed by atoms with van der Waals surface area (Å²) in [5, 5.41) is 0. The van der Waals surface area contributed by atoms with Crippen molar-refractivity contribution < 1.29 is 9.13 Å². The second kappa shape index (κ2) is 5.46. The molecule has 0 aromatic carbocycles. The first-order valence-electron chi connectivity index (χ1n) is 6.93. The predicted molar refractivity (Wildman–Crippen MR) is 74.1 cm³/mol. The van der Waals surface area contributed by atoms with E-state index in [2.05, 4.69) is 33.7 Å². The van der Waals surface area contributed by atoms with E-state index < -0.39 is 6.17 Å². The summed E-state index contributed by atoms with van der Waals surface area (Å²) in [6.07, 6.45) is 0.390. The SMILES string of the molecule is CC(C)N1C[C@@H](F)[C@@H](OCc2nc3ncccc3[nH]2)C1. The fraction of sp³-hybridized carbons (Fsp3) is 0.571. The zero-order valence-electron chi connectivity index (χ0n) is 11.7. The quantitative estimate of drug-likeness (QED) is 0.928. The van der Waals surface area contributed by atoms with Crippen LogP contribution < -0.4 is 0 Å². The normalized spacial score (nSPS) is 24.0. The summed E-state index contributed by atoms with van der Waals surface area (Å²) in [5.41, 5.74) is 1.54. The molecule has 0 aliphatic carbocycles. The summed E-state index contributed by atoms with van der Waals surface area (Å²) in [6.45, 7) is 5.51. The van der Waals surface area contributed by atoms with E-state index in [-0.39, 0.29) is 12.7 Å². The van der Waals surface area contributed by atoms with Gasteiger partial charge in [0, 0.05) is 25.3 Å². The Hall–Kier alpha value is -1.53. The Balaban J connectivity index is 1.62. The van der Waals surface area contributed by atoms with Crippen LogP contribution in [0.2, 0.25) is 0 Å². The summed E-state index contributed by atoms with van der Waals surface area (Å²) in [5.74, 6) is 0.689. The smallest absolute Gasteiger partial charge is 0.177 e. The maximum atomic E-state index is 13.9. The molecule has 1 aliphatic heterocycles. The highest BCUT2D eigenvalue weighted by molar-refractivity contribution is 5.69. The number of halogens is 1. The molecule has 1 aliphatic rings. The molecule has 0 radical (unpaired) electrons. The molecular weight excluding hydrogens is 259 g/mol. The number of rotatable bonds is 4. The molecule has 5 nitrogen and oxygen atoms in total. The number of H-pyrrole nitrogens is 1. The number of alkyl halides is 1. The number of fused-ring (bicyclic) bond motifs is 1. The average molecular weight is 278 g/mol. The van der Waals surface area contributed by atoms with Crippen molar-refractivity contribution in [2.75, 3.05) is 13.1 Å². The predicted octanol–water partition coefficient (Wildman–Crippen LogP) is 1.91. The van der Waals surface area contributed by atoms with E-state index in [1.807, 2.05) is 12.1 Å². The number of hydrogen-bond donors (Lipinski definition) is 1. The highest BCUT2D eigenvalue weighted by atomic mass is 19.1. The Labute approximate surface area is 117 Å². The molecule has 0 spiro atoms. The fourth-order valence-electron chi connectivity index (χ4n) is 2.49. The van der Waals surface area contributed by atoms with Crippen LogP contribution in [0.15, 0.2) is 18.3 Å². The fourth-order valence-corrected chi connectivity index (χ4v) is 2.49. The zero-order valence-corrected chi connectivity index (χ0v) is 11.7. The third-order valence-electron chi connectivity index (χ3n) is 3.70. The Morgan fingerprint density at radius 3 is 3.05 bits per heavy atom. The van der Waals surface area contributed by atoms with Crippen LogP contribution in [0.25, 0.3) is 11.2 Å². The minimum atomic E-state index is -0.931. The molecule has 108 valence electrons. The van der Waals surface area contributed by atoms with Crippen molar-refractivity contribution in [3.63, 3.8) is 0 Å². The first-order valence-corrected chi connectivity index (χ1v) is 6.93. The monoisotopic (exact) mass is 278 g/mol. The van der Waals surface area contributed by atoms with Crippen molar-refractivity contribution in [3.05, 3.63) is 24.2 Å². The summed E-state index contributed by atoms with van der Waals surface area (Å²) in [6, 6.07) is 4.10. The molecule has 1 fully saturated rings. The van der Waals surface area contributed by atoms with Gasteiger partial charge in [-0.2, -0.15) is 0 Å². The Bertz CT molecular complexity index is 552. The van der Waals surface area contributed by atoms with Crippen LogP contribution in [-0.2, 0) is 11.3 Å². The molecule has 3 rings (SSSR count). The van der Waals surface area contributed by atoms with E-state index in [1.54, 1.807) is 6.20 Å². The minimum absolute atomic E-state index is 0.285. The van der Waals surface area contributed by atoms with Gasteiger partial charge in [-0.15, -0.1) is 0 Å². The van der Waals surface area contributed by atoms with E-state index in [0.717, 1.165) is 5.52 Å². The van der Waals surface area contributed by atoms with Crippen LogP contribution in [-0.4, -0.2) is 51.3 Å². The molecule has 1 saturated heterocycles. The van der Waals surface area contributed by atoms with Gasteiger partial charge in [-0.25, -0.2) is 14.4 Å². The molecule has 2 atom stereocenters. The molecule has 0 unspecified atom stereocenters. The lowest BCUT2D eigenvalue weighted by Crippen LogP contribution is -2.29. The standard InChI is InChI=1S/C14H19FN4O/c1-9(2)19-6-10(15)12(7-19)20-8-13-17-11-4-3-5-16-14(11)18-13/h3-5,9-10,12H,6-8H2,1-2H3,(H,16,17,18)/t10-,12+/m1/s1. The number of aromatic nitrogens is 3. The van der Waals surface area contributed by atoms with Gasteiger partial charge in [-0.1, -0.05) is 0 Å². The van der Waals surface area contributed by atoms with Crippen LogP contribution in [0, 0.1) is 0 Å². The first kappa shape index (κ1) is 13.5. The molecule has 2 aromatic rings. The van der Waals surface area contributed by atoms with Crippen LogP contribution in [0.3, 0.4) is 0 Å². The van der Waals surface area contributed by atoms with Gasteiger partial charge in [0.1, 0.15) is 24.7 Å². The van der Waals surface area contributed by atoms with Crippen molar-refractivity contribution in [1.82, 2.24) is 19.9 Å². The van der Waals surface area contributed by atoms with Gasteiger partial charge in [0.15, 0.2) is 5.65 Å². The van der Waals surface area contributed by atoms with Crippen LogP contribution in [0.5, 0.6) is 0 Å². The van der Waals surface area contributed by atoms with Crippen LogP contribution in [0.4, 0.5) is 4.39 Å². The second-order valence-corrected chi connectivity index (χ2v) is 5.47. The summed E-state index contributed by atoms with van der Waals surface area (Å²) < 4.78 is 19.6. The van der Waals surface area contributed by atoms with E-state index in [9.17, 15) is 4.39 Å². The number of nitrogens with one attached hydrogen (secondary N) is 1. The van der Waals surface area contributed by atoms with Crippen molar-refractivity contribution in [2.45, 2.75) is 38.8 Å². The molecule has 0 bridgehead atoms. The third-order valence-corrected chi connectivity index (χ3v) is 3.70. The van der Waals surface area contributed by atoms with Gasteiger partial charge in [0.05, 0.1) is 5.52 Å². The summed E-state index contributed by atoms with van der Waals surface area (Å²) in [4.78, 5) is 13.7. The van der Waals surface area contributed by atoms with Gasteiger partial charge in [0.2, 0.25) is 0 Å². The van der Waals surface area contributed by atoms with Gasteiger partial charge in [-0.05, 0) is 26.0 Å². The maximum absolute atomic E-state index is 13.9. The van der Waals surface area contributed by atoms with Crippen molar-refractivity contribution in [2.24, 2.45) is 0 Å². The van der Waals surface area contributed by atoms with E-state index in [4.69, 9.17) is 4.74 Å². The molecule has 3 heterocycles. The second-order valence-electron chi connectivity index (χ2n) is 5.47. The number of aromatic amines is 1. The zero-order chi connectivity index (χ0) is 14.1. The van der Waals surface area contributed by atoms with Gasteiger partial charge in [-0.3, -0.25) is 4.90 Å². The number of ether oxygens (including phenoxy) is 1. The lowest BCUT2D eigenvalue weighted by atomic mass is 10.3.